The van der Waals surface area contributed by atoms with Gasteiger partial charge in [-0.05, 0) is 35.9 Å². The third-order valence-corrected chi connectivity index (χ3v) is 4.67. The molecule has 0 saturated carbocycles. The normalized spacial score (nSPS) is 10.5. The zero-order valence-corrected chi connectivity index (χ0v) is 15.3. The molecule has 0 fully saturated rings. The molecule has 0 saturated heterocycles. The van der Waals surface area contributed by atoms with E-state index in [1.165, 1.54) is 0 Å². The Morgan fingerprint density at radius 3 is 2.74 bits per heavy atom. The van der Waals surface area contributed by atoms with Crippen molar-refractivity contribution < 1.29 is 4.74 Å². The monoisotopic (exact) mass is 408 g/mol. The molecule has 3 aromatic rings. The number of ether oxygens (including phenoxy) is 1. The van der Waals surface area contributed by atoms with Gasteiger partial charge in [0.15, 0.2) is 5.13 Å². The highest BCUT2D eigenvalue weighted by Gasteiger charge is 2.06. The van der Waals surface area contributed by atoms with Gasteiger partial charge in [-0.25, -0.2) is 4.98 Å². The van der Waals surface area contributed by atoms with Gasteiger partial charge in [-0.15, -0.1) is 11.3 Å². The highest BCUT2D eigenvalue weighted by molar-refractivity contribution is 9.10. The van der Waals surface area contributed by atoms with E-state index in [-0.39, 0.29) is 0 Å². The third kappa shape index (κ3) is 4.70. The van der Waals surface area contributed by atoms with Gasteiger partial charge in [0.25, 0.3) is 0 Å². The summed E-state index contributed by atoms with van der Waals surface area (Å²) in [5.74, 6) is 0.854. The van der Waals surface area contributed by atoms with Gasteiger partial charge in [0.1, 0.15) is 12.4 Å². The first-order valence-corrected chi connectivity index (χ1v) is 9.05. The Balaban J connectivity index is 1.69. The van der Waals surface area contributed by atoms with Crippen LogP contribution in [0.1, 0.15) is 11.1 Å². The van der Waals surface area contributed by atoms with Crippen molar-refractivity contribution in [2.24, 2.45) is 0 Å². The van der Waals surface area contributed by atoms with Crippen LogP contribution in [0.4, 0.5) is 5.13 Å². The standard InChI is InChI=1S/C17H14BrClN2OS/c18-14-3-6-16(22-11-12-1-4-15(19)5-2-12)13(9-14)10-21-17-20-7-8-23-17/h1-9H,10-11H2,(H,20,21). The van der Waals surface area contributed by atoms with Gasteiger partial charge in [-0.2, -0.15) is 0 Å². The fraction of sp³-hybridized carbons (Fsp3) is 0.118. The smallest absolute Gasteiger partial charge is 0.182 e. The van der Waals surface area contributed by atoms with E-state index >= 15 is 0 Å². The lowest BCUT2D eigenvalue weighted by molar-refractivity contribution is 0.303. The molecule has 0 radical (unpaired) electrons. The Hall–Kier alpha value is -1.56. The van der Waals surface area contributed by atoms with Crippen molar-refractivity contribution >= 4 is 44.0 Å². The number of anilines is 1. The first kappa shape index (κ1) is 16.3. The molecular formula is C17H14BrClN2OS. The first-order valence-electron chi connectivity index (χ1n) is 7.00. The number of hydrogen-bond donors (Lipinski definition) is 1. The quantitative estimate of drug-likeness (QED) is 0.563. The van der Waals surface area contributed by atoms with Crippen molar-refractivity contribution in [2.45, 2.75) is 13.2 Å². The van der Waals surface area contributed by atoms with Gasteiger partial charge in [0.05, 0.1) is 0 Å². The van der Waals surface area contributed by atoms with Crippen LogP contribution in [-0.4, -0.2) is 4.98 Å². The minimum Gasteiger partial charge on any atom is -0.489 e. The average Bonchev–Trinajstić information content (AvgIpc) is 3.07. The number of aromatic nitrogens is 1. The van der Waals surface area contributed by atoms with Crippen molar-refractivity contribution in [3.8, 4) is 5.75 Å². The molecule has 1 heterocycles. The Bertz CT molecular complexity index is 763. The van der Waals surface area contributed by atoms with Gasteiger partial charge < -0.3 is 10.1 Å². The summed E-state index contributed by atoms with van der Waals surface area (Å²) in [5, 5.41) is 6.87. The molecular weight excluding hydrogens is 396 g/mol. The molecule has 0 bridgehead atoms. The maximum atomic E-state index is 5.97. The van der Waals surface area contributed by atoms with E-state index in [9.17, 15) is 0 Å². The molecule has 118 valence electrons. The highest BCUT2D eigenvalue weighted by atomic mass is 79.9. The third-order valence-electron chi connectivity index (χ3n) is 3.19. The second-order valence-electron chi connectivity index (χ2n) is 4.86. The minimum absolute atomic E-state index is 0.503. The summed E-state index contributed by atoms with van der Waals surface area (Å²) in [6, 6.07) is 13.7. The highest BCUT2D eigenvalue weighted by Crippen LogP contribution is 2.25. The van der Waals surface area contributed by atoms with Gasteiger partial charge in [0, 0.05) is 33.2 Å². The van der Waals surface area contributed by atoms with E-state index in [1.54, 1.807) is 17.5 Å². The van der Waals surface area contributed by atoms with Crippen LogP contribution >= 0.6 is 38.9 Å². The van der Waals surface area contributed by atoms with E-state index in [0.717, 1.165) is 31.5 Å². The maximum absolute atomic E-state index is 5.97. The summed E-state index contributed by atoms with van der Waals surface area (Å²) in [4.78, 5) is 4.23. The first-order chi connectivity index (χ1) is 11.2. The number of thiazole rings is 1. The van der Waals surface area contributed by atoms with Crippen LogP contribution in [-0.2, 0) is 13.2 Å². The number of hydrogen-bond acceptors (Lipinski definition) is 4. The number of halogens is 2. The SMILES string of the molecule is Clc1ccc(COc2ccc(Br)cc2CNc2nccs2)cc1. The number of rotatable bonds is 6. The molecule has 3 nitrogen and oxygen atoms in total. The molecule has 0 atom stereocenters. The lowest BCUT2D eigenvalue weighted by Crippen LogP contribution is -2.03. The van der Waals surface area contributed by atoms with Gasteiger partial charge in [-0.1, -0.05) is 39.7 Å². The molecule has 1 aromatic heterocycles. The molecule has 23 heavy (non-hydrogen) atoms. The zero-order valence-electron chi connectivity index (χ0n) is 12.1. The summed E-state index contributed by atoms with van der Waals surface area (Å²) >= 11 is 11.0. The van der Waals surface area contributed by atoms with Crippen LogP contribution in [0.25, 0.3) is 0 Å². The molecule has 3 rings (SSSR count). The van der Waals surface area contributed by atoms with Crippen molar-refractivity contribution in [3.63, 3.8) is 0 Å². The molecule has 0 amide bonds. The summed E-state index contributed by atoms with van der Waals surface area (Å²) in [5.41, 5.74) is 2.15. The minimum atomic E-state index is 0.503. The Labute approximate surface area is 152 Å². The second-order valence-corrected chi connectivity index (χ2v) is 7.10. The van der Waals surface area contributed by atoms with Crippen LogP contribution in [0.5, 0.6) is 5.75 Å². The Morgan fingerprint density at radius 2 is 2.00 bits per heavy atom. The predicted molar refractivity (Wildman–Crippen MR) is 99.4 cm³/mol. The maximum Gasteiger partial charge on any atom is 0.182 e. The van der Waals surface area contributed by atoms with Crippen LogP contribution in [0.15, 0.2) is 58.5 Å². The lowest BCUT2D eigenvalue weighted by Gasteiger charge is -2.13. The zero-order chi connectivity index (χ0) is 16.1. The molecule has 6 heteroatoms. The van der Waals surface area contributed by atoms with Crippen molar-refractivity contribution in [1.29, 1.82) is 0 Å². The van der Waals surface area contributed by atoms with Gasteiger partial charge in [-0.3, -0.25) is 0 Å². The van der Waals surface area contributed by atoms with E-state index < -0.39 is 0 Å². The van der Waals surface area contributed by atoms with Crippen LogP contribution in [0.3, 0.4) is 0 Å². The average molecular weight is 410 g/mol. The Morgan fingerprint density at radius 1 is 1.17 bits per heavy atom. The second kappa shape index (κ2) is 7.81. The fourth-order valence-corrected chi connectivity index (χ4v) is 3.11. The predicted octanol–water partition coefficient (Wildman–Crippen LogP) is 5.75. The molecule has 0 spiro atoms. The van der Waals surface area contributed by atoms with Gasteiger partial charge >= 0.3 is 0 Å². The van der Waals surface area contributed by atoms with Crippen LogP contribution < -0.4 is 10.1 Å². The summed E-state index contributed by atoms with van der Waals surface area (Å²) in [6.07, 6.45) is 1.78. The van der Waals surface area contributed by atoms with E-state index in [1.807, 2.05) is 41.8 Å². The molecule has 0 aliphatic carbocycles. The number of nitrogens with one attached hydrogen (secondary N) is 1. The van der Waals surface area contributed by atoms with E-state index in [0.29, 0.717) is 13.2 Å². The summed E-state index contributed by atoms with van der Waals surface area (Å²) < 4.78 is 6.99. The summed E-state index contributed by atoms with van der Waals surface area (Å²) in [7, 11) is 0. The van der Waals surface area contributed by atoms with E-state index in [4.69, 9.17) is 16.3 Å². The number of nitrogens with zero attached hydrogens (tertiary/aromatic N) is 1. The largest absolute Gasteiger partial charge is 0.489 e. The van der Waals surface area contributed by atoms with Gasteiger partial charge in [0.2, 0.25) is 0 Å². The fourth-order valence-electron chi connectivity index (χ4n) is 2.05. The molecule has 2 aromatic carbocycles. The lowest BCUT2D eigenvalue weighted by atomic mass is 10.2. The Kier molecular flexibility index (Phi) is 5.54. The van der Waals surface area contributed by atoms with Crippen molar-refractivity contribution in [1.82, 2.24) is 4.98 Å². The molecule has 0 unspecified atom stereocenters. The van der Waals surface area contributed by atoms with Crippen LogP contribution in [0, 0.1) is 0 Å². The summed E-state index contributed by atoms with van der Waals surface area (Å²) in [6.45, 7) is 1.16. The van der Waals surface area contributed by atoms with E-state index in [2.05, 4.69) is 32.3 Å². The van der Waals surface area contributed by atoms with Crippen molar-refractivity contribution in [3.05, 3.63) is 74.7 Å². The van der Waals surface area contributed by atoms with Crippen LogP contribution in [0.2, 0.25) is 5.02 Å². The molecule has 0 aliphatic heterocycles. The molecule has 1 N–H and O–H groups in total. The molecule has 0 aliphatic rings. The van der Waals surface area contributed by atoms with Crippen molar-refractivity contribution in [2.75, 3.05) is 5.32 Å². The number of benzene rings is 2. The topological polar surface area (TPSA) is 34.1 Å².